The quantitative estimate of drug-likeness (QED) is 0.833. The normalized spacial score (nSPS) is 10.3. The minimum absolute atomic E-state index is 0.716. The van der Waals surface area contributed by atoms with Gasteiger partial charge in [0.25, 0.3) is 0 Å². The lowest BCUT2D eigenvalue weighted by atomic mass is 10.3. The Bertz CT molecular complexity index is 423. The summed E-state index contributed by atoms with van der Waals surface area (Å²) in [4.78, 5) is 3.97. The summed E-state index contributed by atoms with van der Waals surface area (Å²) in [6, 6.07) is 7.96. The van der Waals surface area contributed by atoms with Crippen LogP contribution in [0.2, 0.25) is 0 Å². The SMILES string of the molecule is CCCc1ccc(CNc2ccncc2)o1. The predicted molar refractivity (Wildman–Crippen MR) is 64.3 cm³/mol. The molecule has 0 fully saturated rings. The first-order valence-corrected chi connectivity index (χ1v) is 5.60. The molecule has 0 aliphatic rings. The summed E-state index contributed by atoms with van der Waals surface area (Å²) in [5.74, 6) is 2.04. The number of pyridine rings is 1. The second-order valence-corrected chi connectivity index (χ2v) is 3.71. The van der Waals surface area contributed by atoms with E-state index in [0.29, 0.717) is 6.54 Å². The number of nitrogens with one attached hydrogen (secondary N) is 1. The molecule has 0 bridgehead atoms. The average molecular weight is 216 g/mol. The molecule has 3 heteroatoms. The maximum absolute atomic E-state index is 5.67. The van der Waals surface area contributed by atoms with Crippen molar-refractivity contribution in [1.29, 1.82) is 0 Å². The predicted octanol–water partition coefficient (Wildman–Crippen LogP) is 3.24. The molecule has 0 amide bonds. The zero-order valence-corrected chi connectivity index (χ0v) is 9.44. The van der Waals surface area contributed by atoms with Gasteiger partial charge in [-0.05, 0) is 30.7 Å². The van der Waals surface area contributed by atoms with E-state index in [1.54, 1.807) is 12.4 Å². The molecule has 0 aromatic carbocycles. The van der Waals surface area contributed by atoms with Gasteiger partial charge in [0.1, 0.15) is 11.5 Å². The van der Waals surface area contributed by atoms with Gasteiger partial charge < -0.3 is 9.73 Å². The molecule has 84 valence electrons. The molecule has 2 aromatic heterocycles. The highest BCUT2D eigenvalue weighted by Gasteiger charge is 2.00. The Morgan fingerprint density at radius 3 is 2.62 bits per heavy atom. The van der Waals surface area contributed by atoms with Crippen molar-refractivity contribution in [3.05, 3.63) is 48.2 Å². The largest absolute Gasteiger partial charge is 0.464 e. The summed E-state index contributed by atoms with van der Waals surface area (Å²) in [5, 5.41) is 3.28. The fraction of sp³-hybridized carbons (Fsp3) is 0.308. The van der Waals surface area contributed by atoms with Crippen LogP contribution in [-0.2, 0) is 13.0 Å². The number of aromatic nitrogens is 1. The number of aryl methyl sites for hydroxylation is 1. The number of furan rings is 1. The topological polar surface area (TPSA) is 38.1 Å². The zero-order chi connectivity index (χ0) is 11.2. The van der Waals surface area contributed by atoms with Gasteiger partial charge >= 0.3 is 0 Å². The van der Waals surface area contributed by atoms with E-state index in [9.17, 15) is 0 Å². The highest BCUT2D eigenvalue weighted by Crippen LogP contribution is 2.12. The van der Waals surface area contributed by atoms with Crippen molar-refractivity contribution in [1.82, 2.24) is 4.98 Å². The van der Waals surface area contributed by atoms with E-state index in [1.807, 2.05) is 24.3 Å². The zero-order valence-electron chi connectivity index (χ0n) is 9.44. The molecule has 0 aliphatic carbocycles. The first-order chi connectivity index (χ1) is 7.88. The average Bonchev–Trinajstić information content (AvgIpc) is 2.76. The van der Waals surface area contributed by atoms with Crippen molar-refractivity contribution in [2.45, 2.75) is 26.3 Å². The molecule has 0 unspecified atom stereocenters. The van der Waals surface area contributed by atoms with Crippen molar-refractivity contribution >= 4 is 5.69 Å². The third-order valence-corrected chi connectivity index (χ3v) is 2.36. The van der Waals surface area contributed by atoms with Crippen LogP contribution >= 0.6 is 0 Å². The first kappa shape index (κ1) is 10.7. The first-order valence-electron chi connectivity index (χ1n) is 5.60. The van der Waals surface area contributed by atoms with Crippen LogP contribution in [-0.4, -0.2) is 4.98 Å². The molecule has 3 nitrogen and oxygen atoms in total. The lowest BCUT2D eigenvalue weighted by molar-refractivity contribution is 0.468. The summed E-state index contributed by atoms with van der Waals surface area (Å²) in [7, 11) is 0. The standard InChI is InChI=1S/C13H16N2O/c1-2-3-12-4-5-13(16-12)10-15-11-6-8-14-9-7-11/h4-9H,2-3,10H2,1H3,(H,14,15). The van der Waals surface area contributed by atoms with Crippen molar-refractivity contribution in [3.63, 3.8) is 0 Å². The van der Waals surface area contributed by atoms with Crippen LogP contribution < -0.4 is 5.32 Å². The highest BCUT2D eigenvalue weighted by atomic mass is 16.3. The molecular weight excluding hydrogens is 200 g/mol. The summed E-state index contributed by atoms with van der Waals surface area (Å²) in [6.45, 7) is 2.87. The number of rotatable bonds is 5. The number of hydrogen-bond donors (Lipinski definition) is 1. The molecule has 2 rings (SSSR count). The van der Waals surface area contributed by atoms with Crippen LogP contribution in [0.3, 0.4) is 0 Å². The van der Waals surface area contributed by atoms with Crippen LogP contribution in [0.25, 0.3) is 0 Å². The van der Waals surface area contributed by atoms with Crippen LogP contribution in [0.5, 0.6) is 0 Å². The van der Waals surface area contributed by atoms with Crippen LogP contribution in [0.4, 0.5) is 5.69 Å². The van der Waals surface area contributed by atoms with E-state index in [4.69, 9.17) is 4.42 Å². The van der Waals surface area contributed by atoms with Crippen LogP contribution in [0, 0.1) is 0 Å². The molecule has 0 aliphatic heterocycles. The molecule has 1 N–H and O–H groups in total. The van der Waals surface area contributed by atoms with Gasteiger partial charge in [0, 0.05) is 24.5 Å². The Hall–Kier alpha value is -1.77. The van der Waals surface area contributed by atoms with Crippen LogP contribution in [0.1, 0.15) is 24.9 Å². The van der Waals surface area contributed by atoms with E-state index < -0.39 is 0 Å². The van der Waals surface area contributed by atoms with Crippen molar-refractivity contribution in [2.24, 2.45) is 0 Å². The van der Waals surface area contributed by atoms with Gasteiger partial charge in [0.15, 0.2) is 0 Å². The lowest BCUT2D eigenvalue weighted by Crippen LogP contribution is -1.97. The minimum Gasteiger partial charge on any atom is -0.464 e. The number of nitrogens with zero attached hydrogens (tertiary/aromatic N) is 1. The van der Waals surface area contributed by atoms with Crippen molar-refractivity contribution < 1.29 is 4.42 Å². The van der Waals surface area contributed by atoms with Gasteiger partial charge in [-0.15, -0.1) is 0 Å². The highest BCUT2D eigenvalue weighted by molar-refractivity contribution is 5.40. The molecule has 0 spiro atoms. The van der Waals surface area contributed by atoms with E-state index in [1.165, 1.54) is 0 Å². The molecule has 0 saturated carbocycles. The number of hydrogen-bond acceptors (Lipinski definition) is 3. The second-order valence-electron chi connectivity index (χ2n) is 3.71. The molecule has 0 atom stereocenters. The fourth-order valence-corrected chi connectivity index (χ4v) is 1.56. The van der Waals surface area contributed by atoms with Gasteiger partial charge in [-0.2, -0.15) is 0 Å². The van der Waals surface area contributed by atoms with Crippen molar-refractivity contribution in [3.8, 4) is 0 Å². The molecule has 2 heterocycles. The second kappa shape index (κ2) is 5.35. The van der Waals surface area contributed by atoms with Gasteiger partial charge in [-0.1, -0.05) is 6.92 Å². The molecule has 0 radical (unpaired) electrons. The van der Waals surface area contributed by atoms with Gasteiger partial charge in [0.05, 0.1) is 6.54 Å². The van der Waals surface area contributed by atoms with E-state index in [-0.39, 0.29) is 0 Å². The summed E-state index contributed by atoms with van der Waals surface area (Å²) >= 11 is 0. The van der Waals surface area contributed by atoms with E-state index in [0.717, 1.165) is 30.0 Å². The molecule has 16 heavy (non-hydrogen) atoms. The summed E-state index contributed by atoms with van der Waals surface area (Å²) in [5.41, 5.74) is 1.06. The Labute approximate surface area is 95.5 Å². The molecule has 0 saturated heterocycles. The Morgan fingerprint density at radius 2 is 1.88 bits per heavy atom. The Kier molecular flexibility index (Phi) is 3.59. The maximum Gasteiger partial charge on any atom is 0.123 e. The Morgan fingerprint density at radius 1 is 1.12 bits per heavy atom. The van der Waals surface area contributed by atoms with Gasteiger partial charge in [0.2, 0.25) is 0 Å². The van der Waals surface area contributed by atoms with E-state index >= 15 is 0 Å². The molecular formula is C13H16N2O. The maximum atomic E-state index is 5.67. The third kappa shape index (κ3) is 2.86. The molecule has 2 aromatic rings. The number of anilines is 1. The lowest BCUT2D eigenvalue weighted by Gasteiger charge is -2.02. The smallest absolute Gasteiger partial charge is 0.123 e. The minimum atomic E-state index is 0.716. The monoisotopic (exact) mass is 216 g/mol. The third-order valence-electron chi connectivity index (χ3n) is 2.36. The fourth-order valence-electron chi connectivity index (χ4n) is 1.56. The summed E-state index contributed by atoms with van der Waals surface area (Å²) in [6.07, 6.45) is 5.67. The van der Waals surface area contributed by atoms with E-state index in [2.05, 4.69) is 17.2 Å². The summed E-state index contributed by atoms with van der Waals surface area (Å²) < 4.78 is 5.67. The van der Waals surface area contributed by atoms with Crippen molar-refractivity contribution in [2.75, 3.05) is 5.32 Å². The van der Waals surface area contributed by atoms with Crippen LogP contribution in [0.15, 0.2) is 41.1 Å². The van der Waals surface area contributed by atoms with Gasteiger partial charge in [-0.25, -0.2) is 0 Å². The Balaban J connectivity index is 1.89. The van der Waals surface area contributed by atoms with Gasteiger partial charge in [-0.3, -0.25) is 4.98 Å².